The lowest BCUT2D eigenvalue weighted by Crippen LogP contribution is -1.90. The minimum atomic E-state index is -0.346. The van der Waals surface area contributed by atoms with E-state index >= 15 is 0 Å². The van der Waals surface area contributed by atoms with E-state index in [0.717, 1.165) is 13.7 Å². The molecular weight excluding hydrogens is 381 g/mol. The van der Waals surface area contributed by atoms with Gasteiger partial charge in [0.1, 0.15) is 0 Å². The summed E-state index contributed by atoms with van der Waals surface area (Å²) >= 11 is 6.83. The number of hydrogen-bond donors (Lipinski definition) is 0. The Labute approximate surface area is 106 Å². The Morgan fingerprint density at radius 1 is 1.50 bits per heavy atom. The number of halogens is 2. The Hall–Kier alpha value is -0.210. The molecule has 0 aliphatic heterocycles. The van der Waals surface area contributed by atoms with Crippen LogP contribution in [0.25, 0.3) is 10.1 Å². The van der Waals surface area contributed by atoms with E-state index in [1.165, 1.54) is 11.3 Å². The second kappa shape index (κ2) is 3.74. The van der Waals surface area contributed by atoms with Crippen LogP contribution < -0.4 is 0 Å². The van der Waals surface area contributed by atoms with Crippen LogP contribution in [0.15, 0.2) is 22.0 Å². The summed E-state index contributed by atoms with van der Waals surface area (Å²) in [5, 5.41) is 13.5. The maximum absolute atomic E-state index is 10.9. The molecule has 2 rings (SSSR count). The predicted octanol–water partition coefficient (Wildman–Crippen LogP) is 4.18. The number of fused-ring (bicyclic) bond motifs is 1. The van der Waals surface area contributed by atoms with Crippen molar-refractivity contribution in [2.45, 2.75) is 0 Å². The summed E-state index contributed by atoms with van der Waals surface area (Å²) in [4.78, 5) is 10.5. The van der Waals surface area contributed by atoms with Gasteiger partial charge in [-0.25, -0.2) is 0 Å². The van der Waals surface area contributed by atoms with Crippen molar-refractivity contribution in [3.8, 4) is 0 Å². The van der Waals surface area contributed by atoms with E-state index in [0.29, 0.717) is 4.47 Å². The molecule has 0 aliphatic carbocycles. The van der Waals surface area contributed by atoms with Crippen LogP contribution in [0.1, 0.15) is 0 Å². The number of nitro groups is 1. The van der Waals surface area contributed by atoms with Gasteiger partial charge in [-0.15, -0.1) is 11.3 Å². The second-order valence-electron chi connectivity index (χ2n) is 2.61. The van der Waals surface area contributed by atoms with Crippen LogP contribution in [0.2, 0.25) is 0 Å². The molecule has 72 valence electrons. The van der Waals surface area contributed by atoms with E-state index in [1.54, 1.807) is 6.07 Å². The lowest BCUT2D eigenvalue weighted by atomic mass is 10.2. The van der Waals surface area contributed by atoms with Gasteiger partial charge in [0, 0.05) is 13.7 Å². The van der Waals surface area contributed by atoms with Crippen LogP contribution in [0.3, 0.4) is 0 Å². The van der Waals surface area contributed by atoms with Crippen LogP contribution in [0.4, 0.5) is 5.69 Å². The Kier molecular flexibility index (Phi) is 2.76. The average Bonchev–Trinajstić information content (AvgIpc) is 2.47. The Morgan fingerprint density at radius 3 is 2.86 bits per heavy atom. The summed E-state index contributed by atoms with van der Waals surface area (Å²) in [6, 6.07) is 3.60. The molecule has 0 fully saturated rings. The van der Waals surface area contributed by atoms with Crippen molar-refractivity contribution < 1.29 is 4.92 Å². The highest BCUT2D eigenvalue weighted by molar-refractivity contribution is 14.1. The highest BCUT2D eigenvalue weighted by atomic mass is 127. The van der Waals surface area contributed by atoms with E-state index in [2.05, 4.69) is 38.5 Å². The van der Waals surface area contributed by atoms with Crippen molar-refractivity contribution in [3.05, 3.63) is 35.7 Å². The van der Waals surface area contributed by atoms with Crippen molar-refractivity contribution in [1.82, 2.24) is 0 Å². The number of nitro benzene ring substituents is 1. The summed E-state index contributed by atoms with van der Waals surface area (Å²) in [7, 11) is 0. The monoisotopic (exact) mass is 383 g/mol. The van der Waals surface area contributed by atoms with Crippen molar-refractivity contribution in [3.63, 3.8) is 0 Å². The molecule has 0 amide bonds. The molecule has 1 aromatic heterocycles. The quantitative estimate of drug-likeness (QED) is 0.421. The van der Waals surface area contributed by atoms with E-state index in [-0.39, 0.29) is 10.6 Å². The first-order valence-corrected chi connectivity index (χ1v) is 6.36. The minimum absolute atomic E-state index is 0.160. The molecular formula is C8H3BrINO2S. The van der Waals surface area contributed by atoms with Crippen molar-refractivity contribution in [2.75, 3.05) is 0 Å². The van der Waals surface area contributed by atoms with E-state index < -0.39 is 0 Å². The molecule has 0 spiro atoms. The average molecular weight is 384 g/mol. The molecule has 0 unspecified atom stereocenters. The van der Waals surface area contributed by atoms with Gasteiger partial charge in [-0.3, -0.25) is 10.1 Å². The van der Waals surface area contributed by atoms with Crippen LogP contribution in [-0.4, -0.2) is 4.92 Å². The van der Waals surface area contributed by atoms with Crippen molar-refractivity contribution in [2.24, 2.45) is 0 Å². The van der Waals surface area contributed by atoms with Gasteiger partial charge in [0.05, 0.1) is 14.8 Å². The number of thiophene rings is 1. The summed E-state index contributed by atoms with van der Waals surface area (Å²) < 4.78 is 2.41. The first kappa shape index (κ1) is 10.3. The van der Waals surface area contributed by atoms with Crippen LogP contribution in [0.5, 0.6) is 0 Å². The Balaban J connectivity index is 2.94. The third-order valence-corrected chi connectivity index (χ3v) is 4.66. The molecule has 6 heteroatoms. The zero-order chi connectivity index (χ0) is 10.3. The molecule has 0 saturated carbocycles. The zero-order valence-electron chi connectivity index (χ0n) is 6.66. The summed E-state index contributed by atoms with van der Waals surface area (Å²) in [6.45, 7) is 0. The van der Waals surface area contributed by atoms with Crippen molar-refractivity contribution in [1.29, 1.82) is 0 Å². The van der Waals surface area contributed by atoms with Gasteiger partial charge >= 0.3 is 0 Å². The largest absolute Gasteiger partial charge is 0.293 e. The standard InChI is InChI=1S/C8H3BrINO2S/c9-4-1-2-6-7(5(10)3-14-6)8(4)11(12)13/h1-3H. The van der Waals surface area contributed by atoms with Gasteiger partial charge in [-0.2, -0.15) is 0 Å². The molecule has 0 radical (unpaired) electrons. The third kappa shape index (κ3) is 1.55. The number of hydrogen-bond acceptors (Lipinski definition) is 3. The number of benzene rings is 1. The lowest BCUT2D eigenvalue weighted by Gasteiger charge is -1.97. The summed E-state index contributed by atoms with van der Waals surface area (Å²) in [5.41, 5.74) is 0.160. The minimum Gasteiger partial charge on any atom is -0.258 e. The van der Waals surface area contributed by atoms with Crippen LogP contribution >= 0.6 is 49.9 Å². The van der Waals surface area contributed by atoms with Crippen LogP contribution in [-0.2, 0) is 0 Å². The molecule has 3 nitrogen and oxygen atoms in total. The smallest absolute Gasteiger partial charge is 0.258 e. The molecule has 1 heterocycles. The predicted molar refractivity (Wildman–Crippen MR) is 68.9 cm³/mol. The van der Waals surface area contributed by atoms with Crippen LogP contribution in [0, 0.1) is 13.7 Å². The highest BCUT2D eigenvalue weighted by Gasteiger charge is 2.19. The zero-order valence-corrected chi connectivity index (χ0v) is 11.2. The van der Waals surface area contributed by atoms with Gasteiger partial charge in [0.2, 0.25) is 0 Å². The second-order valence-corrected chi connectivity index (χ2v) is 5.54. The molecule has 0 N–H and O–H groups in total. The number of rotatable bonds is 1. The topological polar surface area (TPSA) is 43.1 Å². The first-order chi connectivity index (χ1) is 6.61. The Bertz CT molecular complexity index is 525. The van der Waals surface area contributed by atoms with Gasteiger partial charge in [-0.1, -0.05) is 0 Å². The molecule has 1 aromatic carbocycles. The van der Waals surface area contributed by atoms with Crippen molar-refractivity contribution >= 4 is 65.6 Å². The molecule has 14 heavy (non-hydrogen) atoms. The highest BCUT2D eigenvalue weighted by Crippen LogP contribution is 2.39. The summed E-state index contributed by atoms with van der Waals surface area (Å²) in [5.74, 6) is 0. The maximum atomic E-state index is 10.9. The van der Waals surface area contributed by atoms with E-state index in [1.807, 2.05) is 11.4 Å². The fourth-order valence-electron chi connectivity index (χ4n) is 1.23. The van der Waals surface area contributed by atoms with E-state index in [4.69, 9.17) is 0 Å². The molecule has 0 saturated heterocycles. The fraction of sp³-hybridized carbons (Fsp3) is 0. The normalized spacial score (nSPS) is 10.7. The van der Waals surface area contributed by atoms with Gasteiger partial charge in [0.15, 0.2) is 0 Å². The van der Waals surface area contributed by atoms with E-state index in [9.17, 15) is 10.1 Å². The first-order valence-electron chi connectivity index (χ1n) is 3.61. The summed E-state index contributed by atoms with van der Waals surface area (Å²) in [6.07, 6.45) is 0. The number of nitrogens with zero attached hydrogens (tertiary/aromatic N) is 1. The lowest BCUT2D eigenvalue weighted by molar-refractivity contribution is -0.383. The third-order valence-electron chi connectivity index (χ3n) is 1.80. The van der Waals surface area contributed by atoms with Gasteiger partial charge in [0.25, 0.3) is 5.69 Å². The Morgan fingerprint density at radius 2 is 2.21 bits per heavy atom. The molecule has 0 bridgehead atoms. The SMILES string of the molecule is O=[N+]([O-])c1c(Br)ccc2scc(I)c12. The molecule has 0 atom stereocenters. The molecule has 0 aliphatic rings. The maximum Gasteiger partial charge on any atom is 0.293 e. The fourth-order valence-corrected chi connectivity index (χ4v) is 3.63. The molecule has 2 aromatic rings. The van der Waals surface area contributed by atoms with Gasteiger partial charge in [-0.05, 0) is 50.7 Å². The van der Waals surface area contributed by atoms with Gasteiger partial charge < -0.3 is 0 Å².